The maximum Gasteiger partial charge on any atom is 0.245 e. The van der Waals surface area contributed by atoms with Crippen LogP contribution >= 0.6 is 0 Å². The van der Waals surface area contributed by atoms with Gasteiger partial charge in [-0.25, -0.2) is 0 Å². The summed E-state index contributed by atoms with van der Waals surface area (Å²) in [5.74, 6) is 0.684. The summed E-state index contributed by atoms with van der Waals surface area (Å²) in [7, 11) is 1.61. The number of methoxy groups -OCH3 is 1. The number of nitrogens with zero attached hydrogens (tertiary/aromatic N) is 2. The Morgan fingerprint density at radius 1 is 1.00 bits per heavy atom. The second-order valence-corrected chi connectivity index (χ2v) is 6.23. The van der Waals surface area contributed by atoms with Crippen molar-refractivity contribution in [2.24, 2.45) is 0 Å². The molecule has 2 amide bonds. The molecule has 0 bridgehead atoms. The summed E-state index contributed by atoms with van der Waals surface area (Å²) in [4.78, 5) is 28.6. The molecule has 0 radical (unpaired) electrons. The van der Waals surface area contributed by atoms with Crippen molar-refractivity contribution in [3.8, 4) is 5.75 Å². The van der Waals surface area contributed by atoms with Crippen LogP contribution in [-0.2, 0) is 22.7 Å². The van der Waals surface area contributed by atoms with Gasteiger partial charge in [0.25, 0.3) is 0 Å². The van der Waals surface area contributed by atoms with Crippen molar-refractivity contribution in [1.29, 1.82) is 0 Å². The number of hydrogen-bond donors (Lipinski definition) is 0. The predicted octanol–water partition coefficient (Wildman–Crippen LogP) is 2.45. The second-order valence-electron chi connectivity index (χ2n) is 6.23. The largest absolute Gasteiger partial charge is 0.497 e. The fraction of sp³-hybridized carbons (Fsp3) is 0.300. The van der Waals surface area contributed by atoms with Crippen LogP contribution in [0.5, 0.6) is 5.75 Å². The standard InChI is InChI=1S/C20H22N2O3/c1-15-20(24)21(12-16-7-4-3-5-8-16)14-19(23)22(15)13-17-9-6-10-18(11-17)25-2/h3-11,15H,12-14H2,1-2H3/t15-/m1/s1. The zero-order valence-corrected chi connectivity index (χ0v) is 14.5. The van der Waals surface area contributed by atoms with Gasteiger partial charge in [-0.2, -0.15) is 0 Å². The lowest BCUT2D eigenvalue weighted by molar-refractivity contribution is -0.156. The van der Waals surface area contributed by atoms with Crippen LogP contribution in [0.3, 0.4) is 0 Å². The summed E-state index contributed by atoms with van der Waals surface area (Å²) in [6, 6.07) is 16.8. The second kappa shape index (κ2) is 7.38. The summed E-state index contributed by atoms with van der Waals surface area (Å²) in [5, 5.41) is 0. The zero-order chi connectivity index (χ0) is 17.8. The molecule has 5 nitrogen and oxygen atoms in total. The molecule has 3 rings (SSSR count). The van der Waals surface area contributed by atoms with Gasteiger partial charge in [-0.15, -0.1) is 0 Å². The van der Waals surface area contributed by atoms with Gasteiger partial charge >= 0.3 is 0 Å². The third-order valence-electron chi connectivity index (χ3n) is 4.49. The Bertz CT molecular complexity index is 761. The summed E-state index contributed by atoms with van der Waals surface area (Å²) in [5.41, 5.74) is 1.97. The van der Waals surface area contributed by atoms with Crippen molar-refractivity contribution >= 4 is 11.8 Å². The molecule has 1 aliphatic heterocycles. The molecule has 1 heterocycles. The monoisotopic (exact) mass is 338 g/mol. The molecular formula is C20H22N2O3. The molecule has 0 spiro atoms. The Labute approximate surface area is 147 Å². The van der Waals surface area contributed by atoms with Gasteiger partial charge in [0.05, 0.1) is 7.11 Å². The van der Waals surface area contributed by atoms with Crippen LogP contribution < -0.4 is 4.74 Å². The van der Waals surface area contributed by atoms with Gasteiger partial charge in [0.15, 0.2) is 0 Å². The lowest BCUT2D eigenvalue weighted by atomic mass is 10.1. The average molecular weight is 338 g/mol. The molecule has 0 aliphatic carbocycles. The van der Waals surface area contributed by atoms with E-state index in [0.29, 0.717) is 13.1 Å². The minimum Gasteiger partial charge on any atom is -0.497 e. The minimum atomic E-state index is -0.476. The fourth-order valence-corrected chi connectivity index (χ4v) is 3.08. The molecule has 0 aromatic heterocycles. The molecule has 0 N–H and O–H groups in total. The van der Waals surface area contributed by atoms with E-state index in [1.807, 2.05) is 54.6 Å². The van der Waals surface area contributed by atoms with E-state index in [-0.39, 0.29) is 18.4 Å². The Kier molecular flexibility index (Phi) is 5.03. The van der Waals surface area contributed by atoms with Crippen molar-refractivity contribution in [2.45, 2.75) is 26.1 Å². The lowest BCUT2D eigenvalue weighted by Gasteiger charge is -2.39. The number of rotatable bonds is 5. The number of ether oxygens (including phenoxy) is 1. The van der Waals surface area contributed by atoms with E-state index in [9.17, 15) is 9.59 Å². The van der Waals surface area contributed by atoms with E-state index in [1.54, 1.807) is 23.8 Å². The quantitative estimate of drug-likeness (QED) is 0.841. The van der Waals surface area contributed by atoms with Gasteiger partial charge in [-0.05, 0) is 30.2 Å². The molecule has 1 atom stereocenters. The maximum atomic E-state index is 12.7. The van der Waals surface area contributed by atoms with Crippen molar-refractivity contribution in [3.63, 3.8) is 0 Å². The smallest absolute Gasteiger partial charge is 0.245 e. The molecule has 130 valence electrons. The third kappa shape index (κ3) is 3.82. The van der Waals surface area contributed by atoms with Crippen LogP contribution in [0, 0.1) is 0 Å². The number of benzene rings is 2. The minimum absolute atomic E-state index is 0.0219. The van der Waals surface area contributed by atoms with Gasteiger partial charge in [0.1, 0.15) is 18.3 Å². The van der Waals surface area contributed by atoms with Gasteiger partial charge in [-0.1, -0.05) is 42.5 Å². The molecule has 1 fully saturated rings. The first-order valence-electron chi connectivity index (χ1n) is 8.33. The van der Waals surface area contributed by atoms with E-state index in [0.717, 1.165) is 16.9 Å². The highest BCUT2D eigenvalue weighted by Gasteiger charge is 2.36. The Hall–Kier alpha value is -2.82. The Morgan fingerprint density at radius 2 is 1.72 bits per heavy atom. The highest BCUT2D eigenvalue weighted by molar-refractivity contribution is 5.94. The molecule has 5 heteroatoms. The molecule has 1 saturated heterocycles. The molecular weight excluding hydrogens is 316 g/mol. The molecule has 2 aromatic rings. The van der Waals surface area contributed by atoms with E-state index < -0.39 is 6.04 Å². The Balaban J connectivity index is 1.72. The molecule has 25 heavy (non-hydrogen) atoms. The topological polar surface area (TPSA) is 49.9 Å². The highest BCUT2D eigenvalue weighted by atomic mass is 16.5. The first-order valence-corrected chi connectivity index (χ1v) is 8.33. The average Bonchev–Trinajstić information content (AvgIpc) is 2.64. The van der Waals surface area contributed by atoms with Gasteiger partial charge < -0.3 is 14.5 Å². The van der Waals surface area contributed by atoms with Crippen LogP contribution in [0.15, 0.2) is 54.6 Å². The zero-order valence-electron chi connectivity index (χ0n) is 14.5. The third-order valence-corrected chi connectivity index (χ3v) is 4.49. The van der Waals surface area contributed by atoms with Gasteiger partial charge in [-0.3, -0.25) is 9.59 Å². The van der Waals surface area contributed by atoms with Crippen molar-refractivity contribution in [3.05, 3.63) is 65.7 Å². The van der Waals surface area contributed by atoms with Crippen LogP contribution in [-0.4, -0.2) is 41.3 Å². The number of carbonyl (C=O) groups is 2. The first kappa shape index (κ1) is 17.0. The van der Waals surface area contributed by atoms with Gasteiger partial charge in [0, 0.05) is 13.1 Å². The van der Waals surface area contributed by atoms with Crippen molar-refractivity contribution in [2.75, 3.05) is 13.7 Å². The van der Waals surface area contributed by atoms with Crippen LogP contribution in [0.2, 0.25) is 0 Å². The van der Waals surface area contributed by atoms with E-state index in [4.69, 9.17) is 4.74 Å². The lowest BCUT2D eigenvalue weighted by Crippen LogP contribution is -2.57. The van der Waals surface area contributed by atoms with Crippen LogP contribution in [0.1, 0.15) is 18.1 Å². The maximum absolute atomic E-state index is 12.7. The number of carbonyl (C=O) groups excluding carboxylic acids is 2. The summed E-state index contributed by atoms with van der Waals surface area (Å²) in [6.07, 6.45) is 0. The van der Waals surface area contributed by atoms with Crippen molar-refractivity contribution < 1.29 is 14.3 Å². The SMILES string of the molecule is COc1cccc(CN2C(=O)CN(Cc3ccccc3)C(=O)[C@H]2C)c1. The number of hydrogen-bond acceptors (Lipinski definition) is 3. The predicted molar refractivity (Wildman–Crippen MR) is 94.9 cm³/mol. The highest BCUT2D eigenvalue weighted by Crippen LogP contribution is 2.20. The molecule has 2 aromatic carbocycles. The normalized spacial score (nSPS) is 17.8. The molecule has 0 unspecified atom stereocenters. The van der Waals surface area contributed by atoms with E-state index >= 15 is 0 Å². The first-order chi connectivity index (χ1) is 12.1. The van der Waals surface area contributed by atoms with Crippen LogP contribution in [0.25, 0.3) is 0 Å². The summed E-state index contributed by atoms with van der Waals surface area (Å²) < 4.78 is 5.22. The summed E-state index contributed by atoms with van der Waals surface area (Å²) in [6.45, 7) is 2.77. The van der Waals surface area contributed by atoms with E-state index in [1.165, 1.54) is 0 Å². The van der Waals surface area contributed by atoms with E-state index in [2.05, 4.69) is 0 Å². The fourth-order valence-electron chi connectivity index (χ4n) is 3.08. The number of amides is 2. The van der Waals surface area contributed by atoms with Crippen molar-refractivity contribution in [1.82, 2.24) is 9.80 Å². The van der Waals surface area contributed by atoms with Crippen LogP contribution in [0.4, 0.5) is 0 Å². The summed E-state index contributed by atoms with van der Waals surface area (Å²) >= 11 is 0. The Morgan fingerprint density at radius 3 is 2.44 bits per heavy atom. The number of piperazine rings is 1. The van der Waals surface area contributed by atoms with Gasteiger partial charge in [0.2, 0.25) is 11.8 Å². The molecule has 0 saturated carbocycles. The molecule has 1 aliphatic rings.